The molecule has 112 valence electrons. The van der Waals surface area contributed by atoms with Crippen LogP contribution in [0.15, 0.2) is 12.1 Å². The van der Waals surface area contributed by atoms with E-state index in [0.29, 0.717) is 6.07 Å². The molecule has 0 saturated heterocycles. The van der Waals surface area contributed by atoms with Gasteiger partial charge in [0.2, 0.25) is 0 Å². The van der Waals surface area contributed by atoms with Gasteiger partial charge in [-0.25, -0.2) is 4.79 Å². The van der Waals surface area contributed by atoms with Crippen molar-refractivity contribution in [3.05, 3.63) is 34.4 Å². The molecule has 0 heterocycles. The number of esters is 1. The van der Waals surface area contributed by atoms with Crippen LogP contribution < -0.4 is 0 Å². The minimum absolute atomic E-state index is 0.0841. The number of aryl methyl sites for hydroxylation is 1. The van der Waals surface area contributed by atoms with Gasteiger partial charge in [-0.1, -0.05) is 0 Å². The molecule has 8 heteroatoms. The molecular weight excluding hydrogens is 290 g/mol. The normalized spacial score (nSPS) is 12.4. The summed E-state index contributed by atoms with van der Waals surface area (Å²) in [6.45, 7) is 2.19. The fraction of sp³-hybridized carbons (Fsp3) is 0.417. The summed E-state index contributed by atoms with van der Waals surface area (Å²) < 4.78 is 80.5. The van der Waals surface area contributed by atoms with Gasteiger partial charge < -0.3 is 4.74 Å². The molecule has 0 spiro atoms. The molecule has 2 nitrogen and oxygen atoms in total. The van der Waals surface area contributed by atoms with Crippen molar-refractivity contribution in [1.82, 2.24) is 0 Å². The maximum atomic E-state index is 12.8. The first kappa shape index (κ1) is 16.3. The van der Waals surface area contributed by atoms with Gasteiger partial charge in [-0.2, -0.15) is 26.3 Å². The predicted octanol–water partition coefficient (Wildman–Crippen LogP) is 4.21. The van der Waals surface area contributed by atoms with Crippen molar-refractivity contribution in [3.8, 4) is 0 Å². The second-order valence-electron chi connectivity index (χ2n) is 3.93. The summed E-state index contributed by atoms with van der Waals surface area (Å²) in [5.74, 6) is -1.30. The molecule has 20 heavy (non-hydrogen) atoms. The third-order valence-electron chi connectivity index (χ3n) is 2.45. The van der Waals surface area contributed by atoms with Crippen molar-refractivity contribution in [1.29, 1.82) is 0 Å². The van der Waals surface area contributed by atoms with Gasteiger partial charge in [-0.3, -0.25) is 0 Å². The minimum atomic E-state index is -5.09. The van der Waals surface area contributed by atoms with Crippen LogP contribution in [0.1, 0.15) is 34.0 Å². The van der Waals surface area contributed by atoms with E-state index in [9.17, 15) is 31.1 Å². The van der Waals surface area contributed by atoms with Crippen molar-refractivity contribution in [3.63, 3.8) is 0 Å². The zero-order valence-corrected chi connectivity index (χ0v) is 10.4. The van der Waals surface area contributed by atoms with Crippen molar-refractivity contribution < 1.29 is 35.9 Å². The van der Waals surface area contributed by atoms with Crippen LogP contribution >= 0.6 is 0 Å². The maximum Gasteiger partial charge on any atom is 0.417 e. The van der Waals surface area contributed by atoms with Crippen LogP contribution in [0.2, 0.25) is 0 Å². The molecule has 0 aromatic heterocycles. The quantitative estimate of drug-likeness (QED) is 0.604. The number of hydrogen-bond donors (Lipinski definition) is 0. The Morgan fingerprint density at radius 2 is 1.65 bits per heavy atom. The summed E-state index contributed by atoms with van der Waals surface area (Å²) in [7, 11) is 0. The Kier molecular flexibility index (Phi) is 4.36. The number of alkyl halides is 6. The number of carbonyl (C=O) groups excluding carboxylic acids is 1. The number of rotatable bonds is 2. The summed E-state index contributed by atoms with van der Waals surface area (Å²) in [5, 5.41) is 0. The SMILES string of the molecule is CCOC(=O)c1c(C)cc(C(F)(F)F)cc1C(F)(F)F. The minimum Gasteiger partial charge on any atom is -0.462 e. The van der Waals surface area contributed by atoms with Gasteiger partial charge in [-0.05, 0) is 31.5 Å². The van der Waals surface area contributed by atoms with Crippen LogP contribution in [0.25, 0.3) is 0 Å². The van der Waals surface area contributed by atoms with Gasteiger partial charge in [0.15, 0.2) is 0 Å². The van der Waals surface area contributed by atoms with E-state index in [1.54, 1.807) is 0 Å². The molecular formula is C12H10F6O2. The lowest BCUT2D eigenvalue weighted by Gasteiger charge is -2.17. The molecule has 0 N–H and O–H groups in total. The van der Waals surface area contributed by atoms with Crippen LogP contribution in [0.4, 0.5) is 26.3 Å². The summed E-state index contributed by atoms with van der Waals surface area (Å²) in [4.78, 5) is 11.5. The molecule has 0 aliphatic rings. The van der Waals surface area contributed by atoms with Crippen molar-refractivity contribution in [2.75, 3.05) is 6.61 Å². The molecule has 0 fully saturated rings. The molecule has 1 rings (SSSR count). The summed E-state index contributed by atoms with van der Waals surface area (Å²) in [6.07, 6.45) is -10.0. The molecule has 0 amide bonds. The van der Waals surface area contributed by atoms with Crippen molar-refractivity contribution in [2.45, 2.75) is 26.2 Å². The van der Waals surface area contributed by atoms with Crippen molar-refractivity contribution >= 4 is 5.97 Å². The van der Waals surface area contributed by atoms with Crippen LogP contribution in [0.5, 0.6) is 0 Å². The lowest BCUT2D eigenvalue weighted by Crippen LogP contribution is -2.19. The van der Waals surface area contributed by atoms with E-state index in [1.807, 2.05) is 0 Å². The van der Waals surface area contributed by atoms with Gasteiger partial charge >= 0.3 is 18.3 Å². The van der Waals surface area contributed by atoms with E-state index in [2.05, 4.69) is 4.74 Å². The lowest BCUT2D eigenvalue weighted by molar-refractivity contribution is -0.143. The van der Waals surface area contributed by atoms with Crippen LogP contribution in [0.3, 0.4) is 0 Å². The Morgan fingerprint density at radius 1 is 1.10 bits per heavy atom. The molecule has 0 aliphatic heterocycles. The highest BCUT2D eigenvalue weighted by Gasteiger charge is 2.40. The highest BCUT2D eigenvalue weighted by atomic mass is 19.4. The Bertz CT molecular complexity index is 516. The lowest BCUT2D eigenvalue weighted by atomic mass is 9.97. The van der Waals surface area contributed by atoms with E-state index in [-0.39, 0.29) is 12.7 Å². The average Bonchev–Trinajstić information content (AvgIpc) is 2.25. The third-order valence-corrected chi connectivity index (χ3v) is 2.45. The van der Waals surface area contributed by atoms with Crippen molar-refractivity contribution in [2.24, 2.45) is 0 Å². The van der Waals surface area contributed by atoms with E-state index in [0.717, 1.165) is 6.92 Å². The van der Waals surface area contributed by atoms with Gasteiger partial charge in [0.05, 0.1) is 23.3 Å². The summed E-state index contributed by atoms with van der Waals surface area (Å²) >= 11 is 0. The van der Waals surface area contributed by atoms with Crippen LogP contribution in [-0.2, 0) is 17.1 Å². The zero-order chi connectivity index (χ0) is 15.7. The van der Waals surface area contributed by atoms with E-state index in [1.165, 1.54) is 6.92 Å². The average molecular weight is 300 g/mol. The largest absolute Gasteiger partial charge is 0.462 e. The second-order valence-corrected chi connectivity index (χ2v) is 3.93. The van der Waals surface area contributed by atoms with Gasteiger partial charge in [0, 0.05) is 0 Å². The monoisotopic (exact) mass is 300 g/mol. The van der Waals surface area contributed by atoms with Gasteiger partial charge in [0.25, 0.3) is 0 Å². The molecule has 0 saturated carbocycles. The van der Waals surface area contributed by atoms with Crippen LogP contribution in [-0.4, -0.2) is 12.6 Å². The highest BCUT2D eigenvalue weighted by molar-refractivity contribution is 5.93. The van der Waals surface area contributed by atoms with E-state index in [4.69, 9.17) is 0 Å². The molecule has 1 aromatic carbocycles. The fourth-order valence-corrected chi connectivity index (χ4v) is 1.65. The molecule has 0 bridgehead atoms. The van der Waals surface area contributed by atoms with Gasteiger partial charge in [0.1, 0.15) is 0 Å². The highest BCUT2D eigenvalue weighted by Crippen LogP contribution is 2.39. The molecule has 0 radical (unpaired) electrons. The second kappa shape index (κ2) is 5.34. The first-order valence-corrected chi connectivity index (χ1v) is 5.44. The molecule has 0 atom stereocenters. The Labute approximate surface area is 110 Å². The van der Waals surface area contributed by atoms with E-state index >= 15 is 0 Å². The topological polar surface area (TPSA) is 26.3 Å². The summed E-state index contributed by atoms with van der Waals surface area (Å²) in [6, 6.07) is 0.404. The predicted molar refractivity (Wildman–Crippen MR) is 57.1 cm³/mol. The fourth-order valence-electron chi connectivity index (χ4n) is 1.65. The number of carbonyl (C=O) groups is 1. The number of hydrogen-bond acceptors (Lipinski definition) is 2. The molecule has 0 aliphatic carbocycles. The number of benzene rings is 1. The summed E-state index contributed by atoms with van der Waals surface area (Å²) in [5.41, 5.74) is -4.45. The molecule has 1 aromatic rings. The Hall–Kier alpha value is -1.73. The Morgan fingerprint density at radius 3 is 2.05 bits per heavy atom. The molecule has 0 unspecified atom stereocenters. The smallest absolute Gasteiger partial charge is 0.417 e. The number of halogens is 6. The third kappa shape index (κ3) is 3.43. The van der Waals surface area contributed by atoms with Crippen LogP contribution in [0, 0.1) is 6.92 Å². The first-order chi connectivity index (χ1) is 8.98. The van der Waals surface area contributed by atoms with Gasteiger partial charge in [-0.15, -0.1) is 0 Å². The maximum absolute atomic E-state index is 12.8. The zero-order valence-electron chi connectivity index (χ0n) is 10.4. The standard InChI is InChI=1S/C12H10F6O2/c1-3-20-10(19)9-6(2)4-7(11(13,14)15)5-8(9)12(16,17)18/h4-5H,3H2,1-2H3. The first-order valence-electron chi connectivity index (χ1n) is 5.44. The number of ether oxygens (including phenoxy) is 1. The van der Waals surface area contributed by atoms with E-state index < -0.39 is 40.6 Å². The Balaban J connectivity index is 3.56.